The Hall–Kier alpha value is -3.40. The molecule has 0 radical (unpaired) electrons. The summed E-state index contributed by atoms with van der Waals surface area (Å²) < 4.78 is 38.6. The second-order valence-electron chi connectivity index (χ2n) is 8.83. The van der Waals surface area contributed by atoms with Crippen LogP contribution in [0.3, 0.4) is 0 Å². The van der Waals surface area contributed by atoms with Crippen LogP contribution in [0.1, 0.15) is 43.0 Å². The molecule has 3 aromatic heterocycles. The Balaban J connectivity index is 1.39. The number of anilines is 1. The molecule has 10 heteroatoms. The van der Waals surface area contributed by atoms with Crippen LogP contribution in [0.4, 0.5) is 14.6 Å². The average Bonchev–Trinajstić information content (AvgIpc) is 3.33. The van der Waals surface area contributed by atoms with Gasteiger partial charge in [-0.05, 0) is 38.8 Å². The van der Waals surface area contributed by atoms with Gasteiger partial charge >= 0.3 is 0 Å². The highest BCUT2D eigenvalue weighted by molar-refractivity contribution is 5.67. The SMILES string of the molecule is Cc1c(F)ccc(-c2cc(N3C[C@@H](C)O[C@@H](c4cnn(C5CC5)c4)C3)nc3ncnn23)c1F. The fourth-order valence-corrected chi connectivity index (χ4v) is 4.39. The Morgan fingerprint density at radius 3 is 2.79 bits per heavy atom. The molecule has 0 unspecified atom stereocenters. The number of hydrogen-bond donors (Lipinski definition) is 0. The fraction of sp³-hybridized carbons (Fsp3) is 0.391. The summed E-state index contributed by atoms with van der Waals surface area (Å²) in [4.78, 5) is 11.0. The molecule has 1 aliphatic heterocycles. The first-order valence-corrected chi connectivity index (χ1v) is 11.1. The quantitative estimate of drug-likeness (QED) is 0.469. The monoisotopic (exact) mass is 451 g/mol. The van der Waals surface area contributed by atoms with Gasteiger partial charge in [-0.3, -0.25) is 4.68 Å². The molecule has 4 aromatic rings. The lowest BCUT2D eigenvalue weighted by molar-refractivity contribution is -0.0176. The highest BCUT2D eigenvalue weighted by Crippen LogP contribution is 2.36. The Bertz CT molecular complexity index is 1350. The minimum absolute atomic E-state index is 0.0353. The molecule has 4 heterocycles. The van der Waals surface area contributed by atoms with Gasteiger partial charge in [0, 0.05) is 35.5 Å². The van der Waals surface area contributed by atoms with Gasteiger partial charge in [-0.25, -0.2) is 8.78 Å². The van der Waals surface area contributed by atoms with E-state index in [1.807, 2.05) is 17.8 Å². The van der Waals surface area contributed by atoms with E-state index in [0.717, 1.165) is 5.56 Å². The van der Waals surface area contributed by atoms with Crippen molar-refractivity contribution in [1.29, 1.82) is 0 Å². The van der Waals surface area contributed by atoms with Crippen LogP contribution in [0.2, 0.25) is 0 Å². The summed E-state index contributed by atoms with van der Waals surface area (Å²) in [6.45, 7) is 4.63. The molecular formula is C23H23F2N7O. The van der Waals surface area contributed by atoms with E-state index >= 15 is 4.39 Å². The minimum atomic E-state index is -0.621. The number of nitrogens with zero attached hydrogens (tertiary/aromatic N) is 7. The first-order valence-electron chi connectivity index (χ1n) is 11.1. The number of benzene rings is 1. The average molecular weight is 451 g/mol. The predicted octanol–water partition coefficient (Wildman–Crippen LogP) is 3.88. The molecule has 2 atom stereocenters. The smallest absolute Gasteiger partial charge is 0.254 e. The van der Waals surface area contributed by atoms with E-state index in [1.54, 1.807) is 6.07 Å². The van der Waals surface area contributed by atoms with Gasteiger partial charge < -0.3 is 9.64 Å². The molecule has 0 spiro atoms. The molecule has 33 heavy (non-hydrogen) atoms. The second-order valence-corrected chi connectivity index (χ2v) is 8.83. The van der Waals surface area contributed by atoms with E-state index in [4.69, 9.17) is 4.74 Å². The van der Waals surface area contributed by atoms with Crippen molar-refractivity contribution in [2.75, 3.05) is 18.0 Å². The van der Waals surface area contributed by atoms with Gasteiger partial charge in [0.1, 0.15) is 29.9 Å². The first kappa shape index (κ1) is 20.2. The molecule has 6 rings (SSSR count). The fourth-order valence-electron chi connectivity index (χ4n) is 4.39. The van der Waals surface area contributed by atoms with E-state index in [1.165, 1.54) is 42.7 Å². The molecule has 1 saturated carbocycles. The van der Waals surface area contributed by atoms with Gasteiger partial charge in [-0.1, -0.05) is 0 Å². The van der Waals surface area contributed by atoms with Crippen molar-refractivity contribution < 1.29 is 13.5 Å². The number of morpholine rings is 1. The number of rotatable bonds is 4. The molecule has 1 aromatic carbocycles. The molecular weight excluding hydrogens is 428 g/mol. The molecule has 1 aliphatic carbocycles. The van der Waals surface area contributed by atoms with Crippen LogP contribution in [0, 0.1) is 18.6 Å². The number of ether oxygens (including phenoxy) is 1. The maximum absolute atomic E-state index is 15.0. The van der Waals surface area contributed by atoms with Crippen LogP contribution in [0.25, 0.3) is 17.0 Å². The molecule has 2 fully saturated rings. The minimum Gasteiger partial charge on any atom is -0.367 e. The summed E-state index contributed by atoms with van der Waals surface area (Å²) in [6, 6.07) is 4.97. The lowest BCUT2D eigenvalue weighted by Crippen LogP contribution is -2.43. The summed E-state index contributed by atoms with van der Waals surface area (Å²) >= 11 is 0. The van der Waals surface area contributed by atoms with E-state index in [-0.39, 0.29) is 23.3 Å². The van der Waals surface area contributed by atoms with Crippen molar-refractivity contribution in [2.45, 2.75) is 44.9 Å². The number of hydrogen-bond acceptors (Lipinski definition) is 6. The van der Waals surface area contributed by atoms with E-state index in [2.05, 4.69) is 31.3 Å². The number of halogens is 2. The third kappa shape index (κ3) is 3.54. The molecule has 1 saturated heterocycles. The second kappa shape index (κ2) is 7.58. The third-order valence-electron chi connectivity index (χ3n) is 6.33. The lowest BCUT2D eigenvalue weighted by Gasteiger charge is -2.37. The number of fused-ring (bicyclic) bond motifs is 1. The molecule has 8 nitrogen and oxygen atoms in total. The standard InChI is InChI=1S/C23H23F2N7O/c1-13-9-30(11-20(33-13)15-8-27-31(10-15)16-3-4-16)21-7-19(32-23(29-21)26-12-28-32)17-5-6-18(24)14(2)22(17)25/h5-8,10,12-13,16,20H,3-4,9,11H2,1-2H3/t13-,20-/m1/s1. The maximum Gasteiger partial charge on any atom is 0.254 e. The lowest BCUT2D eigenvalue weighted by atomic mass is 10.1. The maximum atomic E-state index is 15.0. The summed E-state index contributed by atoms with van der Waals surface area (Å²) in [5.41, 5.74) is 1.70. The molecule has 170 valence electrons. The zero-order chi connectivity index (χ0) is 22.7. The van der Waals surface area contributed by atoms with E-state index < -0.39 is 11.6 Å². The van der Waals surface area contributed by atoms with Crippen molar-refractivity contribution in [3.8, 4) is 11.3 Å². The topological polar surface area (TPSA) is 73.4 Å². The van der Waals surface area contributed by atoms with Gasteiger partial charge in [0.05, 0.1) is 30.6 Å². The highest BCUT2D eigenvalue weighted by Gasteiger charge is 2.31. The molecule has 0 amide bonds. The van der Waals surface area contributed by atoms with Crippen molar-refractivity contribution in [1.82, 2.24) is 29.4 Å². The zero-order valence-corrected chi connectivity index (χ0v) is 18.3. The molecule has 0 N–H and O–H groups in total. The Morgan fingerprint density at radius 1 is 1.12 bits per heavy atom. The molecule has 2 aliphatic rings. The Labute approximate surface area is 188 Å². The van der Waals surface area contributed by atoms with Crippen LogP contribution in [0.15, 0.2) is 36.9 Å². The van der Waals surface area contributed by atoms with Crippen molar-refractivity contribution in [2.24, 2.45) is 0 Å². The molecule has 0 bridgehead atoms. The van der Waals surface area contributed by atoms with Crippen molar-refractivity contribution in [3.05, 3.63) is 59.7 Å². The van der Waals surface area contributed by atoms with E-state index in [9.17, 15) is 4.39 Å². The number of aromatic nitrogens is 6. The van der Waals surface area contributed by atoms with E-state index in [0.29, 0.717) is 36.4 Å². The Kier molecular flexibility index (Phi) is 4.65. The van der Waals surface area contributed by atoms with Crippen LogP contribution in [-0.4, -0.2) is 48.6 Å². The first-order chi connectivity index (χ1) is 16.0. The summed E-state index contributed by atoms with van der Waals surface area (Å²) in [6.07, 6.45) is 7.44. The largest absolute Gasteiger partial charge is 0.367 e. The van der Waals surface area contributed by atoms with Gasteiger partial charge in [0.2, 0.25) is 0 Å². The summed E-state index contributed by atoms with van der Waals surface area (Å²) in [5.74, 6) is -0.218. The van der Waals surface area contributed by atoms with Crippen molar-refractivity contribution >= 4 is 11.6 Å². The highest BCUT2D eigenvalue weighted by atomic mass is 19.1. The van der Waals surface area contributed by atoms with Crippen LogP contribution >= 0.6 is 0 Å². The van der Waals surface area contributed by atoms with Crippen LogP contribution in [-0.2, 0) is 4.74 Å². The van der Waals surface area contributed by atoms with Crippen molar-refractivity contribution in [3.63, 3.8) is 0 Å². The Morgan fingerprint density at radius 2 is 1.97 bits per heavy atom. The van der Waals surface area contributed by atoms with Crippen LogP contribution < -0.4 is 4.90 Å². The van der Waals surface area contributed by atoms with Gasteiger partial charge in [0.15, 0.2) is 0 Å². The summed E-state index contributed by atoms with van der Waals surface area (Å²) in [5, 5.41) is 8.70. The van der Waals surface area contributed by atoms with Crippen LogP contribution in [0.5, 0.6) is 0 Å². The van der Waals surface area contributed by atoms with Gasteiger partial charge in [-0.2, -0.15) is 24.7 Å². The zero-order valence-electron chi connectivity index (χ0n) is 18.3. The summed E-state index contributed by atoms with van der Waals surface area (Å²) in [7, 11) is 0. The predicted molar refractivity (Wildman–Crippen MR) is 117 cm³/mol. The van der Waals surface area contributed by atoms with Gasteiger partial charge in [0.25, 0.3) is 5.78 Å². The van der Waals surface area contributed by atoms with Gasteiger partial charge in [-0.15, -0.1) is 0 Å². The third-order valence-corrected chi connectivity index (χ3v) is 6.33. The normalized spacial score (nSPS) is 21.2.